The molecule has 0 aromatic heterocycles. The van der Waals surface area contributed by atoms with Crippen LogP contribution in [0.25, 0.3) is 22.5 Å². The van der Waals surface area contributed by atoms with Gasteiger partial charge >= 0.3 is 0 Å². The van der Waals surface area contributed by atoms with E-state index in [4.69, 9.17) is 0 Å². The molecule has 0 radical (unpaired) electrons. The number of fused-ring (bicyclic) bond motifs is 5. The molecule has 3 aliphatic rings. The molecule has 0 spiro atoms. The average Bonchev–Trinajstić information content (AvgIpc) is 2.70. The smallest absolute Gasteiger partial charge is 0.228 e. The van der Waals surface area contributed by atoms with Gasteiger partial charge in [-0.2, -0.15) is 0 Å². The van der Waals surface area contributed by atoms with Crippen molar-refractivity contribution in [2.24, 2.45) is 0 Å². The maximum absolute atomic E-state index is 12.0. The first-order valence-electron chi connectivity index (χ1n) is 6.31. The summed E-state index contributed by atoms with van der Waals surface area (Å²) in [6, 6.07) is 9.36. The predicted molar refractivity (Wildman–Crippen MR) is 73.8 cm³/mol. The van der Waals surface area contributed by atoms with E-state index in [9.17, 15) is 10.0 Å². The van der Waals surface area contributed by atoms with E-state index in [0.717, 1.165) is 38.5 Å². The maximum atomic E-state index is 12.0. The van der Waals surface area contributed by atoms with Crippen LogP contribution in [0.1, 0.15) is 5.56 Å². The second kappa shape index (κ2) is 3.84. The normalized spacial score (nSPS) is 13.5. The Labute approximate surface area is 114 Å². The summed E-state index contributed by atoms with van der Waals surface area (Å²) in [6.45, 7) is 0. The van der Waals surface area contributed by atoms with Gasteiger partial charge in [0.25, 0.3) is 0 Å². The third kappa shape index (κ3) is 1.50. The zero-order valence-corrected chi connectivity index (χ0v) is 10.5. The van der Waals surface area contributed by atoms with E-state index in [0.29, 0.717) is 0 Å². The quantitative estimate of drug-likeness (QED) is 0.613. The van der Waals surface area contributed by atoms with Crippen molar-refractivity contribution in [3.05, 3.63) is 48.3 Å². The number of carbonyl (C=O) groups is 1. The number of para-hydroxylation sites is 1. The van der Waals surface area contributed by atoms with Gasteiger partial charge in [-0.1, -0.05) is 18.2 Å². The number of anilines is 1. The molecule has 5 heteroatoms. The summed E-state index contributed by atoms with van der Waals surface area (Å²) in [5.74, 6) is -0.0705. The maximum Gasteiger partial charge on any atom is 0.228 e. The highest BCUT2D eigenvalue weighted by Gasteiger charge is 2.26. The number of nitrogens with one attached hydrogen (secondary N) is 1. The van der Waals surface area contributed by atoms with E-state index in [1.54, 1.807) is 12.3 Å². The summed E-state index contributed by atoms with van der Waals surface area (Å²) in [7, 11) is 0. The fourth-order valence-corrected chi connectivity index (χ4v) is 2.68. The molecule has 2 N–H and O–H groups in total. The van der Waals surface area contributed by atoms with Gasteiger partial charge in [-0.25, -0.2) is 9.71 Å². The summed E-state index contributed by atoms with van der Waals surface area (Å²) in [5.41, 5.74) is 4.93. The Kier molecular flexibility index (Phi) is 2.12. The molecule has 5 nitrogen and oxygen atoms in total. The summed E-state index contributed by atoms with van der Waals surface area (Å²) >= 11 is 0. The molecule has 0 aliphatic carbocycles. The van der Waals surface area contributed by atoms with Crippen LogP contribution in [0.2, 0.25) is 0 Å². The van der Waals surface area contributed by atoms with Crippen LogP contribution in [-0.4, -0.2) is 20.8 Å². The molecule has 1 aromatic rings. The first kappa shape index (κ1) is 11.0. The SMILES string of the molecule is O=C1Cc2c3cn(O)ccc-3nc2-c2ccccc2N1. The molecule has 0 atom stereocenters. The van der Waals surface area contributed by atoms with Gasteiger partial charge in [0.1, 0.15) is 0 Å². The Hall–Kier alpha value is -2.82. The van der Waals surface area contributed by atoms with E-state index in [2.05, 4.69) is 10.3 Å². The van der Waals surface area contributed by atoms with E-state index in [1.807, 2.05) is 24.3 Å². The molecule has 0 fully saturated rings. The third-order valence-corrected chi connectivity index (χ3v) is 3.56. The molecule has 1 aromatic carbocycles. The molecule has 0 saturated carbocycles. The number of hydrogen-bond donors (Lipinski definition) is 2. The summed E-state index contributed by atoms with van der Waals surface area (Å²) < 4.78 is 0.985. The Morgan fingerprint density at radius 2 is 2.05 bits per heavy atom. The van der Waals surface area contributed by atoms with Crippen molar-refractivity contribution in [1.82, 2.24) is 9.71 Å². The zero-order valence-electron chi connectivity index (χ0n) is 10.5. The predicted octanol–water partition coefficient (Wildman–Crippen LogP) is 2.39. The molecule has 0 saturated heterocycles. The molecule has 20 heavy (non-hydrogen) atoms. The minimum atomic E-state index is -0.0705. The van der Waals surface area contributed by atoms with Gasteiger partial charge in [0.2, 0.25) is 5.91 Å². The lowest BCUT2D eigenvalue weighted by Gasteiger charge is -2.05. The fourth-order valence-electron chi connectivity index (χ4n) is 2.68. The molecule has 98 valence electrons. The monoisotopic (exact) mass is 265 g/mol. The lowest BCUT2D eigenvalue weighted by molar-refractivity contribution is -0.115. The molecule has 1 amide bonds. The number of benzene rings is 1. The molecule has 3 aliphatic heterocycles. The van der Waals surface area contributed by atoms with Crippen molar-refractivity contribution >= 4 is 11.6 Å². The molecule has 3 heterocycles. The Morgan fingerprint density at radius 1 is 1.20 bits per heavy atom. The van der Waals surface area contributed by atoms with Crippen molar-refractivity contribution in [2.45, 2.75) is 6.42 Å². The average molecular weight is 265 g/mol. The van der Waals surface area contributed by atoms with Crippen molar-refractivity contribution in [3.8, 4) is 22.5 Å². The number of aromatic nitrogens is 2. The van der Waals surface area contributed by atoms with Crippen LogP contribution in [0.5, 0.6) is 0 Å². The minimum absolute atomic E-state index is 0.0705. The highest BCUT2D eigenvalue weighted by molar-refractivity contribution is 6.02. The van der Waals surface area contributed by atoms with Gasteiger partial charge in [-0.15, -0.1) is 0 Å². The molecule has 4 rings (SSSR count). The van der Waals surface area contributed by atoms with Crippen LogP contribution in [0.15, 0.2) is 42.7 Å². The number of pyridine rings is 1. The number of rotatable bonds is 0. The summed E-state index contributed by atoms with van der Waals surface area (Å²) in [4.78, 5) is 16.6. The second-order valence-electron chi connectivity index (χ2n) is 4.83. The van der Waals surface area contributed by atoms with E-state index in [1.165, 1.54) is 6.20 Å². The highest BCUT2D eigenvalue weighted by atomic mass is 16.5. The fraction of sp³-hybridized carbons (Fsp3) is 0.0667. The zero-order chi connectivity index (χ0) is 13.7. The van der Waals surface area contributed by atoms with Gasteiger partial charge < -0.3 is 10.5 Å². The van der Waals surface area contributed by atoms with E-state index in [-0.39, 0.29) is 12.3 Å². The lowest BCUT2D eigenvalue weighted by atomic mass is 10.0. The van der Waals surface area contributed by atoms with Crippen LogP contribution in [0.4, 0.5) is 5.69 Å². The van der Waals surface area contributed by atoms with Crippen LogP contribution < -0.4 is 5.32 Å². The summed E-state index contributed by atoms with van der Waals surface area (Å²) in [6.07, 6.45) is 3.37. The van der Waals surface area contributed by atoms with Crippen LogP contribution in [0, 0.1) is 0 Å². The Bertz CT molecular complexity index is 807. The summed E-state index contributed by atoms with van der Waals surface area (Å²) in [5, 5.41) is 12.5. The topological polar surface area (TPSA) is 67.2 Å². The third-order valence-electron chi connectivity index (χ3n) is 3.56. The van der Waals surface area contributed by atoms with Crippen LogP contribution in [-0.2, 0) is 11.2 Å². The van der Waals surface area contributed by atoms with Gasteiger partial charge in [0.05, 0.1) is 29.7 Å². The first-order valence-corrected chi connectivity index (χ1v) is 6.31. The number of hydrogen-bond acceptors (Lipinski definition) is 3. The van der Waals surface area contributed by atoms with Crippen molar-refractivity contribution < 1.29 is 10.0 Å². The first-order chi connectivity index (χ1) is 9.72. The number of carbonyl (C=O) groups excluding carboxylic acids is 1. The Morgan fingerprint density at radius 3 is 2.95 bits per heavy atom. The minimum Gasteiger partial charge on any atom is -0.429 e. The van der Waals surface area contributed by atoms with Gasteiger partial charge in [0, 0.05) is 17.3 Å². The molecular formula is C15H11N3O2. The molecule has 0 unspecified atom stereocenters. The van der Waals surface area contributed by atoms with E-state index < -0.39 is 0 Å². The highest BCUT2D eigenvalue weighted by Crippen LogP contribution is 2.39. The van der Waals surface area contributed by atoms with Crippen molar-refractivity contribution in [2.75, 3.05) is 5.32 Å². The second-order valence-corrected chi connectivity index (χ2v) is 4.83. The molecule has 0 bridgehead atoms. The number of nitrogens with zero attached hydrogens (tertiary/aromatic N) is 2. The van der Waals surface area contributed by atoms with E-state index >= 15 is 0 Å². The lowest BCUT2D eigenvalue weighted by Crippen LogP contribution is -2.12. The number of amides is 1. The van der Waals surface area contributed by atoms with Gasteiger partial charge in [0.15, 0.2) is 0 Å². The Balaban J connectivity index is 2.08. The van der Waals surface area contributed by atoms with Gasteiger partial charge in [-0.3, -0.25) is 4.79 Å². The van der Waals surface area contributed by atoms with Crippen LogP contribution >= 0.6 is 0 Å². The van der Waals surface area contributed by atoms with Crippen LogP contribution in [0.3, 0.4) is 0 Å². The van der Waals surface area contributed by atoms with Crippen molar-refractivity contribution in [3.63, 3.8) is 0 Å². The molecular weight excluding hydrogens is 254 g/mol. The van der Waals surface area contributed by atoms with Gasteiger partial charge in [-0.05, 0) is 17.7 Å². The standard InChI is InChI=1S/C15H11N3O2/c19-14-7-10-11-8-18(20)6-5-13(11)17-15(10)9-3-1-2-4-12(9)16-14/h1-6,8,20H,7H2,(H,16,19). The van der Waals surface area contributed by atoms with Crippen molar-refractivity contribution in [1.29, 1.82) is 0 Å². The largest absolute Gasteiger partial charge is 0.429 e.